The Morgan fingerprint density at radius 1 is 1.09 bits per heavy atom. The first-order valence-electron chi connectivity index (χ1n) is 8.27. The molecule has 0 unspecified atom stereocenters. The Labute approximate surface area is 132 Å². The van der Waals surface area contributed by atoms with E-state index in [0.717, 1.165) is 13.0 Å². The van der Waals surface area contributed by atoms with Crippen LogP contribution in [0.3, 0.4) is 0 Å². The summed E-state index contributed by atoms with van der Waals surface area (Å²) in [6.45, 7) is 4.72. The summed E-state index contributed by atoms with van der Waals surface area (Å²) in [6.07, 6.45) is 11.7. The smallest absolute Gasteiger partial charge is 0.356 e. The molecule has 1 aliphatic heterocycles. The second-order valence-electron chi connectivity index (χ2n) is 5.84. The molecule has 0 saturated carbocycles. The highest BCUT2D eigenvalue weighted by Crippen LogP contribution is 2.10. The number of anilines is 1. The summed E-state index contributed by atoms with van der Waals surface area (Å²) in [5, 5.41) is 11.9. The zero-order valence-corrected chi connectivity index (χ0v) is 13.1. The number of nitrogens with one attached hydrogen (secondary N) is 1. The van der Waals surface area contributed by atoms with Gasteiger partial charge in [0.1, 0.15) is 5.82 Å². The number of unbranched alkanes of at least 4 members (excludes halogenated alkanes) is 4. The molecule has 0 bridgehead atoms. The molecule has 6 heteroatoms. The highest BCUT2D eigenvalue weighted by atomic mass is 16.4. The van der Waals surface area contributed by atoms with E-state index in [-0.39, 0.29) is 5.69 Å². The molecule has 0 aromatic carbocycles. The Hall–Kier alpha value is -1.69. The summed E-state index contributed by atoms with van der Waals surface area (Å²) in [6, 6.07) is 0. The zero-order chi connectivity index (χ0) is 15.6. The fraction of sp³-hybridized carbons (Fsp3) is 0.688. The van der Waals surface area contributed by atoms with Crippen LogP contribution in [0.15, 0.2) is 12.4 Å². The Morgan fingerprint density at radius 3 is 2.50 bits per heavy atom. The van der Waals surface area contributed by atoms with E-state index in [4.69, 9.17) is 5.11 Å². The van der Waals surface area contributed by atoms with Gasteiger partial charge in [-0.05, 0) is 45.3 Å². The van der Waals surface area contributed by atoms with Crippen LogP contribution in [-0.4, -0.2) is 52.1 Å². The van der Waals surface area contributed by atoms with Gasteiger partial charge in [0.25, 0.3) is 0 Å². The van der Waals surface area contributed by atoms with Gasteiger partial charge in [0, 0.05) is 6.54 Å². The van der Waals surface area contributed by atoms with Crippen molar-refractivity contribution in [2.45, 2.75) is 44.9 Å². The molecule has 1 aromatic rings. The van der Waals surface area contributed by atoms with Crippen molar-refractivity contribution in [1.29, 1.82) is 0 Å². The Balaban J connectivity index is 1.46. The Kier molecular flexibility index (Phi) is 7.09. The quantitative estimate of drug-likeness (QED) is 0.647. The largest absolute Gasteiger partial charge is 0.476 e. The average Bonchev–Trinajstić information content (AvgIpc) is 3.03. The molecule has 2 rings (SSSR count). The molecule has 0 amide bonds. The number of carboxylic acid groups (broad SMARTS) is 1. The van der Waals surface area contributed by atoms with E-state index in [1.807, 2.05) is 0 Å². The fourth-order valence-electron chi connectivity index (χ4n) is 2.74. The zero-order valence-electron chi connectivity index (χ0n) is 13.1. The van der Waals surface area contributed by atoms with Crippen molar-refractivity contribution in [2.75, 3.05) is 31.5 Å². The molecule has 0 radical (unpaired) electrons. The maximum atomic E-state index is 10.7. The fourth-order valence-corrected chi connectivity index (χ4v) is 2.74. The van der Waals surface area contributed by atoms with E-state index in [1.54, 1.807) is 0 Å². The predicted octanol–water partition coefficient (Wildman–Crippen LogP) is 2.63. The van der Waals surface area contributed by atoms with E-state index in [2.05, 4.69) is 20.2 Å². The lowest BCUT2D eigenvalue weighted by molar-refractivity contribution is 0.0690. The van der Waals surface area contributed by atoms with Crippen LogP contribution >= 0.6 is 0 Å². The second-order valence-corrected chi connectivity index (χ2v) is 5.84. The van der Waals surface area contributed by atoms with Gasteiger partial charge in [-0.15, -0.1) is 0 Å². The van der Waals surface area contributed by atoms with Crippen molar-refractivity contribution in [1.82, 2.24) is 14.9 Å². The van der Waals surface area contributed by atoms with Crippen molar-refractivity contribution < 1.29 is 9.90 Å². The van der Waals surface area contributed by atoms with E-state index in [1.165, 1.54) is 70.6 Å². The van der Waals surface area contributed by atoms with Gasteiger partial charge in [-0.3, -0.25) is 0 Å². The van der Waals surface area contributed by atoms with Crippen molar-refractivity contribution in [3.8, 4) is 0 Å². The summed E-state index contributed by atoms with van der Waals surface area (Å²) in [5.74, 6) is -0.410. The Bertz CT molecular complexity index is 444. The molecule has 0 atom stereocenters. The Morgan fingerprint density at radius 2 is 1.82 bits per heavy atom. The lowest BCUT2D eigenvalue weighted by Gasteiger charge is -2.13. The number of nitrogens with zero attached hydrogens (tertiary/aromatic N) is 3. The number of aromatic carboxylic acids is 1. The van der Waals surface area contributed by atoms with Gasteiger partial charge in [-0.1, -0.05) is 19.3 Å². The van der Waals surface area contributed by atoms with Crippen LogP contribution in [0.5, 0.6) is 0 Å². The van der Waals surface area contributed by atoms with Crippen molar-refractivity contribution in [3.05, 3.63) is 18.1 Å². The molecule has 1 aliphatic rings. The van der Waals surface area contributed by atoms with Crippen molar-refractivity contribution >= 4 is 11.8 Å². The lowest BCUT2D eigenvalue weighted by Crippen LogP contribution is -2.20. The molecule has 1 aromatic heterocycles. The molecule has 1 saturated heterocycles. The molecule has 2 heterocycles. The topological polar surface area (TPSA) is 78.3 Å². The molecule has 122 valence electrons. The van der Waals surface area contributed by atoms with Gasteiger partial charge in [0.15, 0.2) is 5.69 Å². The summed E-state index contributed by atoms with van der Waals surface area (Å²) in [4.78, 5) is 21.1. The van der Waals surface area contributed by atoms with Crippen LogP contribution < -0.4 is 5.32 Å². The SMILES string of the molecule is O=C(O)c1cnc(NCCCCCCCN2CCCC2)cn1. The van der Waals surface area contributed by atoms with Crippen molar-refractivity contribution in [2.24, 2.45) is 0 Å². The van der Waals surface area contributed by atoms with Crippen LogP contribution in [-0.2, 0) is 0 Å². The molecular formula is C16H26N4O2. The summed E-state index contributed by atoms with van der Waals surface area (Å²) >= 11 is 0. The third kappa shape index (κ3) is 5.97. The molecule has 22 heavy (non-hydrogen) atoms. The van der Waals surface area contributed by atoms with Gasteiger partial charge in [0.05, 0.1) is 12.4 Å². The monoisotopic (exact) mass is 306 g/mol. The van der Waals surface area contributed by atoms with Gasteiger partial charge >= 0.3 is 5.97 Å². The molecule has 1 fully saturated rings. The first-order chi connectivity index (χ1) is 10.8. The first kappa shape index (κ1) is 16.7. The third-order valence-corrected chi connectivity index (χ3v) is 4.03. The predicted molar refractivity (Wildman–Crippen MR) is 86.2 cm³/mol. The molecule has 2 N–H and O–H groups in total. The van der Waals surface area contributed by atoms with E-state index in [0.29, 0.717) is 5.82 Å². The van der Waals surface area contributed by atoms with Crippen LogP contribution in [0, 0.1) is 0 Å². The third-order valence-electron chi connectivity index (χ3n) is 4.03. The highest BCUT2D eigenvalue weighted by Gasteiger charge is 2.09. The van der Waals surface area contributed by atoms with Crippen LogP contribution in [0.25, 0.3) is 0 Å². The van der Waals surface area contributed by atoms with Gasteiger partial charge in [-0.2, -0.15) is 0 Å². The summed E-state index contributed by atoms with van der Waals surface area (Å²) < 4.78 is 0. The molecular weight excluding hydrogens is 280 g/mol. The average molecular weight is 306 g/mol. The molecule has 0 aliphatic carbocycles. The van der Waals surface area contributed by atoms with Crippen LogP contribution in [0.2, 0.25) is 0 Å². The molecule has 6 nitrogen and oxygen atoms in total. The van der Waals surface area contributed by atoms with Crippen molar-refractivity contribution in [3.63, 3.8) is 0 Å². The maximum Gasteiger partial charge on any atom is 0.356 e. The maximum absolute atomic E-state index is 10.7. The second kappa shape index (κ2) is 9.35. The van der Waals surface area contributed by atoms with Crippen LogP contribution in [0.1, 0.15) is 55.4 Å². The minimum absolute atomic E-state index is 0.0245. The number of hydrogen-bond donors (Lipinski definition) is 2. The first-order valence-corrected chi connectivity index (χ1v) is 8.27. The van der Waals surface area contributed by atoms with Crippen LogP contribution in [0.4, 0.5) is 5.82 Å². The normalized spacial score (nSPS) is 15.1. The number of likely N-dealkylation sites (tertiary alicyclic amines) is 1. The number of carboxylic acids is 1. The van der Waals surface area contributed by atoms with E-state index in [9.17, 15) is 4.79 Å². The van der Waals surface area contributed by atoms with Gasteiger partial charge in [-0.25, -0.2) is 14.8 Å². The minimum atomic E-state index is -1.05. The number of carbonyl (C=O) groups is 1. The summed E-state index contributed by atoms with van der Waals surface area (Å²) in [5.41, 5.74) is -0.0245. The number of rotatable bonds is 10. The van der Waals surface area contributed by atoms with E-state index >= 15 is 0 Å². The van der Waals surface area contributed by atoms with E-state index < -0.39 is 5.97 Å². The summed E-state index contributed by atoms with van der Waals surface area (Å²) in [7, 11) is 0. The van der Waals surface area contributed by atoms with Gasteiger partial charge < -0.3 is 15.3 Å². The molecule has 0 spiro atoms. The lowest BCUT2D eigenvalue weighted by atomic mass is 10.1. The minimum Gasteiger partial charge on any atom is -0.476 e. The number of hydrogen-bond acceptors (Lipinski definition) is 5. The standard InChI is InChI=1S/C16H26N4O2/c21-16(22)14-12-19-15(13-18-14)17-8-4-2-1-3-5-9-20-10-6-7-11-20/h12-13H,1-11H2,(H,17,19)(H,21,22). The highest BCUT2D eigenvalue weighted by molar-refractivity contribution is 5.84. The number of aromatic nitrogens is 2. The van der Waals surface area contributed by atoms with Gasteiger partial charge in [0.2, 0.25) is 0 Å².